The molecular formula is C27H25ClN2O5. The van der Waals surface area contributed by atoms with Crippen molar-refractivity contribution in [1.29, 1.82) is 0 Å². The number of carboxylic acid groups (broad SMARTS) is 1. The molecule has 0 aromatic heterocycles. The smallest absolute Gasteiger partial charge is 0.407 e. The Morgan fingerprint density at radius 2 is 1.63 bits per heavy atom. The van der Waals surface area contributed by atoms with Crippen LogP contribution in [0.5, 0.6) is 0 Å². The predicted molar refractivity (Wildman–Crippen MR) is 134 cm³/mol. The molecule has 3 N–H and O–H groups in total. The van der Waals surface area contributed by atoms with Gasteiger partial charge >= 0.3 is 12.1 Å². The van der Waals surface area contributed by atoms with Crippen molar-refractivity contribution in [3.8, 4) is 11.1 Å². The fraction of sp³-hybridized carbons (Fsp3) is 0.222. The van der Waals surface area contributed by atoms with Gasteiger partial charge in [-0.1, -0.05) is 73.5 Å². The maximum atomic E-state index is 12.8. The van der Waals surface area contributed by atoms with E-state index >= 15 is 0 Å². The fourth-order valence-corrected chi connectivity index (χ4v) is 4.59. The first-order chi connectivity index (χ1) is 16.9. The molecule has 0 unspecified atom stereocenters. The number of hydrogen-bond donors (Lipinski definition) is 3. The highest BCUT2D eigenvalue weighted by Crippen LogP contribution is 2.44. The molecule has 0 heterocycles. The monoisotopic (exact) mass is 492 g/mol. The van der Waals surface area contributed by atoms with Gasteiger partial charge < -0.3 is 20.5 Å². The Balaban J connectivity index is 1.42. The third-order valence-corrected chi connectivity index (χ3v) is 6.16. The van der Waals surface area contributed by atoms with E-state index in [1.165, 1.54) is 18.2 Å². The highest BCUT2D eigenvalue weighted by Gasteiger charge is 2.29. The van der Waals surface area contributed by atoms with E-state index in [1.54, 1.807) is 0 Å². The molecule has 0 spiro atoms. The zero-order chi connectivity index (χ0) is 24.9. The van der Waals surface area contributed by atoms with Gasteiger partial charge in [0.15, 0.2) is 0 Å². The van der Waals surface area contributed by atoms with Crippen LogP contribution < -0.4 is 10.6 Å². The summed E-state index contributed by atoms with van der Waals surface area (Å²) in [6.07, 6.45) is 0.317. The number of fused-ring (bicyclic) bond motifs is 3. The number of aromatic carboxylic acids is 1. The number of carbonyl (C=O) groups is 3. The molecule has 0 bridgehead atoms. The molecule has 1 aliphatic rings. The van der Waals surface area contributed by atoms with Crippen LogP contribution in [0.1, 0.15) is 47.2 Å². The van der Waals surface area contributed by atoms with Crippen LogP contribution in [0.4, 0.5) is 10.5 Å². The molecule has 3 aromatic rings. The first kappa shape index (κ1) is 24.3. The summed E-state index contributed by atoms with van der Waals surface area (Å²) in [5.74, 6) is -1.74. The average molecular weight is 493 g/mol. The molecule has 180 valence electrons. The van der Waals surface area contributed by atoms with Crippen molar-refractivity contribution in [3.63, 3.8) is 0 Å². The van der Waals surface area contributed by atoms with E-state index in [-0.39, 0.29) is 28.8 Å². The lowest BCUT2D eigenvalue weighted by Crippen LogP contribution is -2.44. The van der Waals surface area contributed by atoms with E-state index in [9.17, 15) is 19.5 Å². The molecule has 7 nitrogen and oxygen atoms in total. The number of anilines is 1. The molecule has 4 rings (SSSR count). The number of halogens is 1. The normalized spacial score (nSPS) is 12.9. The lowest BCUT2D eigenvalue weighted by Gasteiger charge is -2.19. The summed E-state index contributed by atoms with van der Waals surface area (Å²) in [5.41, 5.74) is 4.63. The SMILES string of the molecule is CCC[C@H](NC(=O)OCC1c2ccccc2-c2ccccc21)C(=O)Nc1cc(Cl)cc(C(=O)O)c1. The van der Waals surface area contributed by atoms with Crippen molar-refractivity contribution in [2.24, 2.45) is 0 Å². The second-order valence-corrected chi connectivity index (χ2v) is 8.77. The third-order valence-electron chi connectivity index (χ3n) is 5.94. The number of carboxylic acids is 1. The number of benzene rings is 3. The fourth-order valence-electron chi connectivity index (χ4n) is 4.35. The largest absolute Gasteiger partial charge is 0.478 e. The molecule has 35 heavy (non-hydrogen) atoms. The van der Waals surface area contributed by atoms with Gasteiger partial charge in [-0.25, -0.2) is 9.59 Å². The Labute approximate surface area is 208 Å². The van der Waals surface area contributed by atoms with Gasteiger partial charge in [0.05, 0.1) is 5.56 Å². The summed E-state index contributed by atoms with van der Waals surface area (Å²) >= 11 is 5.97. The number of rotatable bonds is 8. The highest BCUT2D eigenvalue weighted by atomic mass is 35.5. The minimum atomic E-state index is -1.16. The van der Waals surface area contributed by atoms with Crippen molar-refractivity contribution in [1.82, 2.24) is 5.32 Å². The zero-order valence-electron chi connectivity index (χ0n) is 19.1. The lowest BCUT2D eigenvalue weighted by atomic mass is 9.98. The van der Waals surface area contributed by atoms with Gasteiger partial charge in [-0.15, -0.1) is 0 Å². The molecular weight excluding hydrogens is 468 g/mol. The molecule has 0 saturated carbocycles. The third kappa shape index (κ3) is 5.46. The quantitative estimate of drug-likeness (QED) is 0.375. The van der Waals surface area contributed by atoms with Gasteiger partial charge in [-0.05, 0) is 46.9 Å². The van der Waals surface area contributed by atoms with Crippen LogP contribution in [0.25, 0.3) is 11.1 Å². The molecule has 1 aliphatic carbocycles. The molecule has 0 radical (unpaired) electrons. The summed E-state index contributed by atoms with van der Waals surface area (Å²) in [6.45, 7) is 2.03. The van der Waals surface area contributed by atoms with E-state index in [0.717, 1.165) is 22.3 Å². The first-order valence-corrected chi connectivity index (χ1v) is 11.7. The summed E-state index contributed by atoms with van der Waals surface area (Å²) < 4.78 is 5.56. The van der Waals surface area contributed by atoms with Crippen LogP contribution in [0, 0.1) is 0 Å². The topological polar surface area (TPSA) is 105 Å². The molecule has 1 atom stereocenters. The Morgan fingerprint density at radius 3 is 2.23 bits per heavy atom. The predicted octanol–water partition coefficient (Wildman–Crippen LogP) is 5.68. The molecule has 2 amide bonds. The van der Waals surface area contributed by atoms with Crippen molar-refractivity contribution in [3.05, 3.63) is 88.4 Å². The minimum Gasteiger partial charge on any atom is -0.478 e. The highest BCUT2D eigenvalue weighted by molar-refractivity contribution is 6.31. The van der Waals surface area contributed by atoms with E-state index in [0.29, 0.717) is 12.8 Å². The van der Waals surface area contributed by atoms with Gasteiger partial charge in [0.25, 0.3) is 0 Å². The second-order valence-electron chi connectivity index (χ2n) is 8.33. The van der Waals surface area contributed by atoms with Crippen LogP contribution in [0.2, 0.25) is 5.02 Å². The van der Waals surface area contributed by atoms with Crippen LogP contribution in [-0.2, 0) is 9.53 Å². The van der Waals surface area contributed by atoms with Crippen molar-refractivity contribution < 1.29 is 24.2 Å². The van der Waals surface area contributed by atoms with Crippen molar-refractivity contribution in [2.45, 2.75) is 31.7 Å². The summed E-state index contributed by atoms with van der Waals surface area (Å²) in [6, 6.07) is 19.3. The van der Waals surface area contributed by atoms with Gasteiger partial charge in [0, 0.05) is 16.6 Å². The number of nitrogens with one attached hydrogen (secondary N) is 2. The molecule has 3 aromatic carbocycles. The van der Waals surface area contributed by atoms with Gasteiger partial charge in [0.1, 0.15) is 12.6 Å². The van der Waals surface area contributed by atoms with Crippen molar-refractivity contribution in [2.75, 3.05) is 11.9 Å². The van der Waals surface area contributed by atoms with Crippen LogP contribution in [0.15, 0.2) is 66.7 Å². The van der Waals surface area contributed by atoms with E-state index < -0.39 is 24.0 Å². The van der Waals surface area contributed by atoms with E-state index in [1.807, 2.05) is 43.3 Å². The number of alkyl carbamates (subject to hydrolysis) is 1. The molecule has 0 saturated heterocycles. The number of ether oxygens (including phenoxy) is 1. The maximum Gasteiger partial charge on any atom is 0.407 e. The molecule has 0 fully saturated rings. The summed E-state index contributed by atoms with van der Waals surface area (Å²) in [4.78, 5) is 36.8. The molecule has 8 heteroatoms. The number of hydrogen-bond acceptors (Lipinski definition) is 4. The van der Waals surface area contributed by atoms with Crippen LogP contribution in [0.3, 0.4) is 0 Å². The Kier molecular flexibility index (Phi) is 7.36. The lowest BCUT2D eigenvalue weighted by molar-refractivity contribution is -0.118. The first-order valence-electron chi connectivity index (χ1n) is 11.3. The Morgan fingerprint density at radius 1 is 1.00 bits per heavy atom. The van der Waals surface area contributed by atoms with E-state index in [4.69, 9.17) is 16.3 Å². The zero-order valence-corrected chi connectivity index (χ0v) is 19.8. The Hall–Kier alpha value is -3.84. The Bertz CT molecular complexity index is 1230. The van der Waals surface area contributed by atoms with Crippen LogP contribution >= 0.6 is 11.6 Å². The average Bonchev–Trinajstić information content (AvgIpc) is 3.16. The maximum absolute atomic E-state index is 12.8. The van der Waals surface area contributed by atoms with Gasteiger partial charge in [0.2, 0.25) is 5.91 Å². The van der Waals surface area contributed by atoms with Gasteiger partial charge in [-0.3, -0.25) is 4.79 Å². The standard InChI is InChI=1S/C27H25ClN2O5/c1-2-7-24(25(31)29-18-13-16(26(32)33)12-17(28)14-18)30-27(34)35-15-23-21-10-5-3-8-19(21)20-9-4-6-11-22(20)23/h3-6,8-14,23-24H,2,7,15H2,1H3,(H,29,31)(H,30,34)(H,32,33)/t24-/m0/s1. The second kappa shape index (κ2) is 10.6. The van der Waals surface area contributed by atoms with Gasteiger partial charge in [-0.2, -0.15) is 0 Å². The molecule has 0 aliphatic heterocycles. The number of amides is 2. The summed E-state index contributed by atoms with van der Waals surface area (Å²) in [5, 5.41) is 14.7. The minimum absolute atomic E-state index is 0.0515. The van der Waals surface area contributed by atoms with E-state index in [2.05, 4.69) is 22.8 Å². The van der Waals surface area contributed by atoms with Crippen LogP contribution in [-0.4, -0.2) is 35.7 Å². The number of carbonyl (C=O) groups excluding carboxylic acids is 2. The summed E-state index contributed by atoms with van der Waals surface area (Å²) in [7, 11) is 0. The van der Waals surface area contributed by atoms with Crippen molar-refractivity contribution >= 4 is 35.3 Å².